The molecule has 2 N–H and O–H groups in total. The summed E-state index contributed by atoms with van der Waals surface area (Å²) < 4.78 is 5.55. The van der Waals surface area contributed by atoms with E-state index in [0.717, 1.165) is 28.6 Å². The number of carbonyl (C=O) groups is 1. The number of furan rings is 1. The number of aryl methyl sites for hydroxylation is 2. The van der Waals surface area contributed by atoms with Crippen LogP contribution in [0.15, 0.2) is 52.9 Å². The molecule has 122 valence electrons. The number of para-hydroxylation sites is 2. The van der Waals surface area contributed by atoms with Gasteiger partial charge in [-0.05, 0) is 48.8 Å². The van der Waals surface area contributed by atoms with E-state index in [0.29, 0.717) is 5.58 Å². The molecule has 4 nitrogen and oxygen atoms in total. The van der Waals surface area contributed by atoms with Crippen LogP contribution in [0, 0.1) is 6.92 Å². The Balaban J connectivity index is 1.74. The van der Waals surface area contributed by atoms with Crippen molar-refractivity contribution in [3.63, 3.8) is 0 Å². The first-order valence-corrected chi connectivity index (χ1v) is 8.18. The molecule has 1 amide bonds. The summed E-state index contributed by atoms with van der Waals surface area (Å²) in [6, 6.07) is 15.2. The summed E-state index contributed by atoms with van der Waals surface area (Å²) in [4.78, 5) is 12.3. The van der Waals surface area contributed by atoms with Gasteiger partial charge in [0.25, 0.3) is 5.91 Å². The van der Waals surface area contributed by atoms with E-state index in [9.17, 15) is 4.79 Å². The number of hydrogen-bond donors (Lipinski definition) is 2. The van der Waals surface area contributed by atoms with Crippen molar-refractivity contribution in [1.82, 2.24) is 5.32 Å². The molecule has 24 heavy (non-hydrogen) atoms. The van der Waals surface area contributed by atoms with Crippen molar-refractivity contribution in [3.05, 3.63) is 65.4 Å². The summed E-state index contributed by atoms with van der Waals surface area (Å²) >= 11 is 5.28. The fourth-order valence-electron chi connectivity index (χ4n) is 2.61. The molecular weight excluding hydrogens is 320 g/mol. The van der Waals surface area contributed by atoms with Gasteiger partial charge in [0.15, 0.2) is 10.9 Å². The van der Waals surface area contributed by atoms with Crippen LogP contribution in [0.5, 0.6) is 0 Å². The highest BCUT2D eigenvalue weighted by Gasteiger charge is 2.14. The SMILES string of the molecule is CCc1cccc(C)c1NC(=S)NC(=O)c1cc2ccccc2o1. The molecule has 0 aliphatic rings. The number of amides is 1. The Morgan fingerprint density at radius 2 is 1.96 bits per heavy atom. The number of nitrogens with one attached hydrogen (secondary N) is 2. The van der Waals surface area contributed by atoms with Crippen LogP contribution in [0.25, 0.3) is 11.0 Å². The van der Waals surface area contributed by atoms with Gasteiger partial charge < -0.3 is 9.73 Å². The molecule has 0 unspecified atom stereocenters. The maximum atomic E-state index is 12.3. The fraction of sp³-hybridized carbons (Fsp3) is 0.158. The molecule has 0 aliphatic carbocycles. The normalized spacial score (nSPS) is 10.6. The van der Waals surface area contributed by atoms with Crippen molar-refractivity contribution in [2.45, 2.75) is 20.3 Å². The van der Waals surface area contributed by atoms with Crippen molar-refractivity contribution in [3.8, 4) is 0 Å². The molecule has 3 aromatic rings. The van der Waals surface area contributed by atoms with Gasteiger partial charge in [0.2, 0.25) is 0 Å². The highest BCUT2D eigenvalue weighted by Crippen LogP contribution is 2.21. The van der Waals surface area contributed by atoms with E-state index in [2.05, 4.69) is 17.6 Å². The lowest BCUT2D eigenvalue weighted by Crippen LogP contribution is -2.34. The van der Waals surface area contributed by atoms with E-state index in [1.54, 1.807) is 6.07 Å². The maximum absolute atomic E-state index is 12.3. The van der Waals surface area contributed by atoms with Crippen LogP contribution >= 0.6 is 12.2 Å². The first-order valence-electron chi connectivity index (χ1n) is 7.78. The van der Waals surface area contributed by atoms with E-state index >= 15 is 0 Å². The van der Waals surface area contributed by atoms with Crippen molar-refractivity contribution < 1.29 is 9.21 Å². The molecule has 5 heteroatoms. The molecule has 2 aromatic carbocycles. The van der Waals surface area contributed by atoms with Gasteiger partial charge in [-0.1, -0.05) is 43.3 Å². The van der Waals surface area contributed by atoms with Crippen LogP contribution in [-0.2, 0) is 6.42 Å². The van der Waals surface area contributed by atoms with Gasteiger partial charge in [-0.3, -0.25) is 10.1 Å². The number of hydrogen-bond acceptors (Lipinski definition) is 3. The molecule has 1 heterocycles. The number of thiocarbonyl (C=S) groups is 1. The molecule has 0 bridgehead atoms. The van der Waals surface area contributed by atoms with Crippen molar-refractivity contribution in [2.75, 3.05) is 5.32 Å². The Labute approximate surface area is 145 Å². The quantitative estimate of drug-likeness (QED) is 0.694. The summed E-state index contributed by atoms with van der Waals surface area (Å²) in [5.41, 5.74) is 3.84. The van der Waals surface area contributed by atoms with Gasteiger partial charge >= 0.3 is 0 Å². The Morgan fingerprint density at radius 3 is 2.71 bits per heavy atom. The predicted molar refractivity (Wildman–Crippen MR) is 100 cm³/mol. The lowest BCUT2D eigenvalue weighted by molar-refractivity contribution is 0.0953. The van der Waals surface area contributed by atoms with Crippen LogP contribution in [0.2, 0.25) is 0 Å². The Bertz CT molecular complexity index is 882. The van der Waals surface area contributed by atoms with E-state index in [1.807, 2.05) is 49.4 Å². The van der Waals surface area contributed by atoms with E-state index in [4.69, 9.17) is 16.6 Å². The van der Waals surface area contributed by atoms with Crippen LogP contribution in [0.3, 0.4) is 0 Å². The topological polar surface area (TPSA) is 54.3 Å². The highest BCUT2D eigenvalue weighted by molar-refractivity contribution is 7.80. The smallest absolute Gasteiger partial charge is 0.293 e. The zero-order chi connectivity index (χ0) is 17.1. The molecule has 0 radical (unpaired) electrons. The Hall–Kier alpha value is -2.66. The number of fused-ring (bicyclic) bond motifs is 1. The van der Waals surface area contributed by atoms with Gasteiger partial charge in [-0.15, -0.1) is 0 Å². The van der Waals surface area contributed by atoms with Crippen molar-refractivity contribution >= 4 is 39.9 Å². The van der Waals surface area contributed by atoms with E-state index in [1.165, 1.54) is 0 Å². The maximum Gasteiger partial charge on any atom is 0.293 e. The molecule has 3 rings (SSSR count). The van der Waals surface area contributed by atoms with Crippen LogP contribution in [0.1, 0.15) is 28.6 Å². The minimum absolute atomic E-state index is 0.237. The third-order valence-corrected chi connectivity index (χ3v) is 4.06. The average Bonchev–Trinajstić information content (AvgIpc) is 3.01. The van der Waals surface area contributed by atoms with Gasteiger partial charge in [-0.2, -0.15) is 0 Å². The highest BCUT2D eigenvalue weighted by atomic mass is 32.1. The summed E-state index contributed by atoms with van der Waals surface area (Å²) in [5, 5.41) is 6.93. The van der Waals surface area contributed by atoms with Crippen molar-refractivity contribution in [1.29, 1.82) is 0 Å². The monoisotopic (exact) mass is 338 g/mol. The van der Waals surface area contributed by atoms with Crippen LogP contribution in [-0.4, -0.2) is 11.0 Å². The van der Waals surface area contributed by atoms with E-state index in [-0.39, 0.29) is 16.8 Å². The average molecular weight is 338 g/mol. The Kier molecular flexibility index (Phi) is 4.62. The zero-order valence-electron chi connectivity index (χ0n) is 13.6. The lowest BCUT2D eigenvalue weighted by Gasteiger charge is -2.14. The van der Waals surface area contributed by atoms with E-state index < -0.39 is 0 Å². The molecule has 0 atom stereocenters. The largest absolute Gasteiger partial charge is 0.451 e. The minimum atomic E-state index is -0.365. The van der Waals surface area contributed by atoms with Crippen LogP contribution < -0.4 is 10.6 Å². The third-order valence-electron chi connectivity index (χ3n) is 3.85. The molecule has 0 saturated heterocycles. The standard InChI is InChI=1S/C19H18N2O2S/c1-3-13-9-6-7-12(2)17(13)20-19(24)21-18(22)16-11-14-8-4-5-10-15(14)23-16/h4-11H,3H2,1-2H3,(H2,20,21,22,24). The number of rotatable bonds is 3. The van der Waals surface area contributed by atoms with Gasteiger partial charge in [0.1, 0.15) is 5.58 Å². The Morgan fingerprint density at radius 1 is 1.17 bits per heavy atom. The summed E-state index contributed by atoms with van der Waals surface area (Å²) in [6.45, 7) is 4.08. The number of benzene rings is 2. The van der Waals surface area contributed by atoms with Gasteiger partial charge in [0.05, 0.1) is 0 Å². The molecular formula is C19H18N2O2S. The van der Waals surface area contributed by atoms with Crippen molar-refractivity contribution in [2.24, 2.45) is 0 Å². The summed E-state index contributed by atoms with van der Waals surface area (Å²) in [5.74, 6) is -0.129. The molecule has 0 saturated carbocycles. The predicted octanol–water partition coefficient (Wildman–Crippen LogP) is 4.43. The summed E-state index contributed by atoms with van der Waals surface area (Å²) in [6.07, 6.45) is 0.879. The second-order valence-electron chi connectivity index (χ2n) is 5.52. The first kappa shape index (κ1) is 16.2. The fourth-order valence-corrected chi connectivity index (χ4v) is 2.80. The van der Waals surface area contributed by atoms with Gasteiger partial charge in [0, 0.05) is 11.1 Å². The molecule has 0 spiro atoms. The third kappa shape index (κ3) is 3.31. The number of carbonyl (C=O) groups excluding carboxylic acids is 1. The van der Waals surface area contributed by atoms with Gasteiger partial charge in [-0.25, -0.2) is 0 Å². The molecule has 0 fully saturated rings. The molecule has 1 aromatic heterocycles. The second kappa shape index (κ2) is 6.84. The second-order valence-corrected chi connectivity index (χ2v) is 5.93. The first-order chi connectivity index (χ1) is 11.6. The van der Waals surface area contributed by atoms with Crippen LogP contribution in [0.4, 0.5) is 5.69 Å². The molecule has 0 aliphatic heterocycles. The lowest BCUT2D eigenvalue weighted by atomic mass is 10.1. The number of anilines is 1. The zero-order valence-corrected chi connectivity index (χ0v) is 14.4. The summed E-state index contributed by atoms with van der Waals surface area (Å²) in [7, 11) is 0. The minimum Gasteiger partial charge on any atom is -0.451 e.